The van der Waals surface area contributed by atoms with E-state index in [-0.39, 0.29) is 51.0 Å². The van der Waals surface area contributed by atoms with Crippen molar-refractivity contribution in [1.82, 2.24) is 35.3 Å². The van der Waals surface area contributed by atoms with Gasteiger partial charge in [-0.2, -0.15) is 0 Å². The molecule has 390 valence electrons. The lowest BCUT2D eigenvalue weighted by atomic mass is 9.85. The van der Waals surface area contributed by atoms with Crippen molar-refractivity contribution in [2.24, 2.45) is 10.4 Å². The van der Waals surface area contributed by atoms with E-state index in [2.05, 4.69) is 45.0 Å². The van der Waals surface area contributed by atoms with Gasteiger partial charge in [0.25, 0.3) is 0 Å². The minimum Gasteiger partial charge on any atom is -0.494 e. The van der Waals surface area contributed by atoms with Gasteiger partial charge in [0, 0.05) is 67.4 Å². The summed E-state index contributed by atoms with van der Waals surface area (Å²) >= 11 is 3.25. The normalized spacial score (nSPS) is 16.7. The first-order valence-electron chi connectivity index (χ1n) is 24.9. The maximum atomic E-state index is 14.0. The van der Waals surface area contributed by atoms with Gasteiger partial charge in [-0.15, -0.1) is 32.9 Å². The molecule has 1 fully saturated rings. The summed E-state index contributed by atoms with van der Waals surface area (Å²) in [5.74, 6) is 0.556. The van der Waals surface area contributed by atoms with Crippen LogP contribution in [0.25, 0.3) is 15.4 Å². The van der Waals surface area contributed by atoms with Crippen LogP contribution in [-0.2, 0) is 35.2 Å². The van der Waals surface area contributed by atoms with Crippen molar-refractivity contribution in [2.75, 3.05) is 44.9 Å². The van der Waals surface area contributed by atoms with Gasteiger partial charge in [0.05, 0.1) is 40.9 Å². The minimum atomic E-state index is -0.960. The Morgan fingerprint density at radius 1 is 0.851 bits per heavy atom. The molecule has 0 saturated carbocycles. The highest BCUT2D eigenvalue weighted by molar-refractivity contribution is 7.15. The maximum absolute atomic E-state index is 14.0. The van der Waals surface area contributed by atoms with E-state index in [0.29, 0.717) is 49.9 Å². The Morgan fingerprint density at radius 2 is 1.57 bits per heavy atom. The molecule has 4 N–H and O–H groups in total. The van der Waals surface area contributed by atoms with E-state index in [0.717, 1.165) is 54.9 Å². The van der Waals surface area contributed by atoms with E-state index in [1.807, 2.05) is 111 Å². The molecule has 0 aliphatic carbocycles. The van der Waals surface area contributed by atoms with Crippen LogP contribution in [0.4, 0.5) is 5.69 Å². The van der Waals surface area contributed by atoms with E-state index in [1.54, 1.807) is 34.8 Å². The highest BCUT2D eigenvalue weighted by Crippen LogP contribution is 2.40. The average molecular weight is 1040 g/mol. The molecule has 19 heteroatoms. The van der Waals surface area contributed by atoms with Crippen LogP contribution in [0.3, 0.4) is 0 Å². The summed E-state index contributed by atoms with van der Waals surface area (Å²) in [5, 5.41) is 29.3. The molecule has 2 aliphatic heterocycles. The molecule has 0 radical (unpaired) electrons. The standard InChI is InChI=1S/C55H65N9O8S2/c1-33-35(3)74-54-47(33)48(38-13-9-8-10-14-38)59-43(51-62-61-36(4)64(51)54)28-45(66)58-40-19-21-42(22-20-40)72-26-12-24-70-23-11-25-71-31-46(67)60-50(55(5,6)7)53(69)63-30-41(65)27-44(63)52(68)56-29-37-15-17-39(18-16-37)49-34(2)57-32-73-49/h8-10,13-22,32,41,43-44,50,65H,11-12,23-31H2,1-7H3,(H,56,68)(H,58,66)(H,60,67)/t41-,43+,44+,50-/m1/s1. The maximum Gasteiger partial charge on any atom is 0.246 e. The molecular weight excluding hydrogens is 979 g/mol. The van der Waals surface area contributed by atoms with Crippen LogP contribution in [0.5, 0.6) is 5.75 Å². The van der Waals surface area contributed by atoms with Crippen LogP contribution in [0.1, 0.15) is 97.0 Å². The Balaban J connectivity index is 0.719. The number of aliphatic imine (C=N–C) groups is 1. The number of nitrogens with one attached hydrogen (secondary N) is 3. The molecule has 4 amide bonds. The number of aliphatic hydroxyl groups is 1. The molecule has 74 heavy (non-hydrogen) atoms. The van der Waals surface area contributed by atoms with Gasteiger partial charge in [-0.1, -0.05) is 75.4 Å². The summed E-state index contributed by atoms with van der Waals surface area (Å²) in [5.41, 5.74) is 8.65. The van der Waals surface area contributed by atoms with Gasteiger partial charge in [-0.3, -0.25) is 28.7 Å². The van der Waals surface area contributed by atoms with Crippen molar-refractivity contribution < 1.29 is 38.5 Å². The number of hydrogen-bond donors (Lipinski definition) is 4. The number of carbonyl (C=O) groups excluding carboxylic acids is 4. The fraction of sp³-hybridized carbons (Fsp3) is 0.418. The van der Waals surface area contributed by atoms with Gasteiger partial charge in [-0.05, 0) is 80.5 Å². The minimum absolute atomic E-state index is 0.0153. The first-order valence-corrected chi connectivity index (χ1v) is 26.6. The monoisotopic (exact) mass is 1040 g/mol. The highest BCUT2D eigenvalue weighted by Gasteiger charge is 2.44. The Hall–Kier alpha value is -6.64. The van der Waals surface area contributed by atoms with Crippen molar-refractivity contribution in [1.29, 1.82) is 0 Å². The molecule has 3 aromatic heterocycles. The lowest BCUT2D eigenvalue weighted by Gasteiger charge is -2.35. The van der Waals surface area contributed by atoms with Gasteiger partial charge in [0.2, 0.25) is 23.6 Å². The highest BCUT2D eigenvalue weighted by atomic mass is 32.1. The van der Waals surface area contributed by atoms with Gasteiger partial charge < -0.3 is 40.2 Å². The van der Waals surface area contributed by atoms with E-state index >= 15 is 0 Å². The quantitative estimate of drug-likeness (QED) is 0.0516. The van der Waals surface area contributed by atoms with Crippen LogP contribution < -0.4 is 20.7 Å². The van der Waals surface area contributed by atoms with Crippen LogP contribution in [0.2, 0.25) is 0 Å². The molecule has 2 aliphatic rings. The first kappa shape index (κ1) is 53.6. The number of β-amino-alcohol motifs (C(OH)–C–C–N with tert-alkyl or cyclic N) is 1. The van der Waals surface area contributed by atoms with E-state index < -0.39 is 41.5 Å². The average Bonchev–Trinajstić information content (AvgIpc) is 4.15. The number of aliphatic hydroxyl groups excluding tert-OH is 1. The molecule has 3 aromatic carbocycles. The zero-order valence-electron chi connectivity index (χ0n) is 43.0. The van der Waals surface area contributed by atoms with Gasteiger partial charge in [0.15, 0.2) is 5.82 Å². The summed E-state index contributed by atoms with van der Waals surface area (Å²) in [6.07, 6.45) is 0.496. The molecule has 0 bridgehead atoms. The largest absolute Gasteiger partial charge is 0.494 e. The Labute approximate surface area is 439 Å². The van der Waals surface area contributed by atoms with Crippen molar-refractivity contribution in [3.63, 3.8) is 0 Å². The van der Waals surface area contributed by atoms with Crippen LogP contribution in [0, 0.1) is 33.1 Å². The number of aryl methyl sites for hydroxylation is 3. The first-order chi connectivity index (χ1) is 35.5. The van der Waals surface area contributed by atoms with Crippen molar-refractivity contribution in [2.45, 2.75) is 105 Å². The topological polar surface area (TPSA) is 211 Å². The van der Waals surface area contributed by atoms with Crippen molar-refractivity contribution >= 4 is 57.7 Å². The number of hydrogen-bond acceptors (Lipinski definition) is 14. The second-order valence-electron chi connectivity index (χ2n) is 19.7. The third-order valence-corrected chi connectivity index (χ3v) is 15.2. The molecule has 5 heterocycles. The number of nitrogens with zero attached hydrogens (tertiary/aromatic N) is 6. The molecule has 6 aromatic rings. The Kier molecular flexibility index (Phi) is 17.5. The number of likely N-dealkylation sites (tertiary alicyclic amines) is 1. The molecular formula is C55H65N9O8S2. The number of ether oxygens (including phenoxy) is 3. The zero-order chi connectivity index (χ0) is 52.5. The molecule has 4 atom stereocenters. The second kappa shape index (κ2) is 24.1. The van der Waals surface area contributed by atoms with Gasteiger partial charge in [-0.25, -0.2) is 4.98 Å². The lowest BCUT2D eigenvalue weighted by Crippen LogP contribution is -2.58. The number of anilines is 1. The SMILES string of the molecule is Cc1ncsc1-c1ccc(CNC(=O)[C@@H]2C[C@@H](O)CN2C(=O)[C@@H](NC(=O)COCCCOCCCOc2ccc(NC(=O)C[C@@H]3N=C(c4ccccc4)c4c(sc(C)c4C)-n4c(C)nnc43)cc2)C(C)(C)C)cc1. The summed E-state index contributed by atoms with van der Waals surface area (Å²) < 4.78 is 19.4. The molecule has 1 saturated heterocycles. The van der Waals surface area contributed by atoms with Crippen molar-refractivity contribution in [3.05, 3.63) is 129 Å². The predicted octanol–water partition coefficient (Wildman–Crippen LogP) is 7.61. The van der Waals surface area contributed by atoms with Gasteiger partial charge in [0.1, 0.15) is 41.3 Å². The molecule has 8 rings (SSSR count). The smallest absolute Gasteiger partial charge is 0.246 e. The molecule has 0 unspecified atom stereocenters. The second-order valence-corrected chi connectivity index (χ2v) is 21.8. The fourth-order valence-corrected chi connectivity index (χ4v) is 11.0. The lowest BCUT2D eigenvalue weighted by molar-refractivity contribution is -0.144. The molecule has 17 nitrogen and oxygen atoms in total. The summed E-state index contributed by atoms with van der Waals surface area (Å²) in [4.78, 5) is 67.2. The third kappa shape index (κ3) is 13.0. The number of fused-ring (bicyclic) bond motifs is 3. The number of amides is 4. The number of carbonyl (C=O) groups is 4. The van der Waals surface area contributed by atoms with E-state index in [1.165, 1.54) is 9.78 Å². The van der Waals surface area contributed by atoms with Crippen LogP contribution in [0.15, 0.2) is 89.4 Å². The zero-order valence-corrected chi connectivity index (χ0v) is 44.6. The van der Waals surface area contributed by atoms with E-state index in [9.17, 15) is 24.3 Å². The third-order valence-electron chi connectivity index (χ3n) is 13.0. The van der Waals surface area contributed by atoms with Crippen LogP contribution >= 0.6 is 22.7 Å². The fourth-order valence-electron chi connectivity index (χ4n) is 9.01. The Bertz CT molecular complexity index is 2950. The number of benzene rings is 3. The number of thiophene rings is 1. The number of thiazole rings is 1. The van der Waals surface area contributed by atoms with Gasteiger partial charge >= 0.3 is 0 Å². The van der Waals surface area contributed by atoms with Crippen molar-refractivity contribution in [3.8, 4) is 21.2 Å². The Morgan fingerprint density at radius 3 is 2.27 bits per heavy atom. The van der Waals surface area contributed by atoms with E-state index in [4.69, 9.17) is 19.2 Å². The van der Waals surface area contributed by atoms with Crippen LogP contribution in [-0.4, -0.2) is 117 Å². The number of aromatic nitrogens is 4. The number of rotatable bonds is 21. The molecule has 0 spiro atoms. The summed E-state index contributed by atoms with van der Waals surface area (Å²) in [6.45, 7) is 15.2. The summed E-state index contributed by atoms with van der Waals surface area (Å²) in [7, 11) is 0. The predicted molar refractivity (Wildman–Crippen MR) is 286 cm³/mol. The summed E-state index contributed by atoms with van der Waals surface area (Å²) in [6, 6.07) is 22.7.